The number of hydrogen-bond acceptors (Lipinski definition) is 6. The molecule has 1 saturated heterocycles. The quantitative estimate of drug-likeness (QED) is 0.434. The van der Waals surface area contributed by atoms with E-state index in [-0.39, 0.29) is 12.5 Å². The van der Waals surface area contributed by atoms with E-state index in [2.05, 4.69) is 47.7 Å². The summed E-state index contributed by atoms with van der Waals surface area (Å²) in [7, 11) is 1.79. The molecule has 0 spiro atoms. The molecular formula is C23H26N8O. The summed E-state index contributed by atoms with van der Waals surface area (Å²) in [6, 6.07) is 12.2. The van der Waals surface area contributed by atoms with E-state index in [0.717, 1.165) is 48.5 Å². The molecular weight excluding hydrogens is 404 g/mol. The number of rotatable bonds is 6. The second-order valence-electron chi connectivity index (χ2n) is 8.09. The number of nitrogens with one attached hydrogen (secondary N) is 3. The van der Waals surface area contributed by atoms with Crippen molar-refractivity contribution in [3.05, 3.63) is 60.7 Å². The maximum absolute atomic E-state index is 12.3. The smallest absolute Gasteiger partial charge is 0.244 e. The average Bonchev–Trinajstić information content (AvgIpc) is 3.47. The highest BCUT2D eigenvalue weighted by Gasteiger charge is 2.24. The van der Waals surface area contributed by atoms with Crippen molar-refractivity contribution < 1.29 is 4.79 Å². The van der Waals surface area contributed by atoms with Crippen LogP contribution in [0.1, 0.15) is 24.3 Å². The summed E-state index contributed by atoms with van der Waals surface area (Å²) in [6.07, 6.45) is 7.42. The van der Waals surface area contributed by atoms with Gasteiger partial charge in [0.25, 0.3) is 0 Å². The van der Waals surface area contributed by atoms with E-state index >= 15 is 0 Å². The topological polar surface area (TPSA) is 104 Å². The lowest BCUT2D eigenvalue weighted by Gasteiger charge is -2.34. The summed E-state index contributed by atoms with van der Waals surface area (Å²) in [5.74, 6) is 1.95. The Morgan fingerprint density at radius 2 is 2.19 bits per heavy atom. The van der Waals surface area contributed by atoms with Crippen molar-refractivity contribution in [2.75, 3.05) is 35.2 Å². The van der Waals surface area contributed by atoms with E-state index in [1.54, 1.807) is 30.3 Å². The van der Waals surface area contributed by atoms with Gasteiger partial charge in [0.05, 0.1) is 18.1 Å². The Morgan fingerprint density at radius 3 is 3.06 bits per heavy atom. The molecule has 4 heterocycles. The second kappa shape index (κ2) is 8.70. The number of aromatic nitrogens is 5. The molecule has 0 bridgehead atoms. The van der Waals surface area contributed by atoms with Crippen LogP contribution in [-0.4, -0.2) is 50.3 Å². The van der Waals surface area contributed by atoms with Crippen LogP contribution in [-0.2, 0) is 11.8 Å². The minimum atomic E-state index is -0.109. The molecule has 0 radical (unpaired) electrons. The third-order valence-electron chi connectivity index (χ3n) is 5.95. The highest BCUT2D eigenvalue weighted by atomic mass is 16.2. The number of H-pyrrole nitrogens is 1. The van der Waals surface area contributed by atoms with E-state index in [1.807, 2.05) is 24.4 Å². The Labute approximate surface area is 185 Å². The lowest BCUT2D eigenvalue weighted by atomic mass is 9.90. The van der Waals surface area contributed by atoms with Crippen LogP contribution in [0.2, 0.25) is 0 Å². The third-order valence-corrected chi connectivity index (χ3v) is 5.95. The van der Waals surface area contributed by atoms with Gasteiger partial charge >= 0.3 is 0 Å². The van der Waals surface area contributed by atoms with Gasteiger partial charge in [-0.3, -0.25) is 9.48 Å². The molecule has 0 aliphatic carbocycles. The van der Waals surface area contributed by atoms with Gasteiger partial charge in [0.1, 0.15) is 23.6 Å². The van der Waals surface area contributed by atoms with Gasteiger partial charge in [-0.2, -0.15) is 5.10 Å². The van der Waals surface area contributed by atoms with Crippen LogP contribution in [0, 0.1) is 0 Å². The molecule has 9 heteroatoms. The van der Waals surface area contributed by atoms with Crippen molar-refractivity contribution in [2.45, 2.75) is 18.8 Å². The Hall–Kier alpha value is -3.88. The monoisotopic (exact) mass is 430 g/mol. The summed E-state index contributed by atoms with van der Waals surface area (Å²) in [4.78, 5) is 26.7. The molecule has 1 amide bonds. The molecule has 164 valence electrons. The fourth-order valence-corrected chi connectivity index (χ4v) is 4.32. The maximum Gasteiger partial charge on any atom is 0.244 e. The number of carbonyl (C=O) groups is 1. The van der Waals surface area contributed by atoms with Gasteiger partial charge in [-0.25, -0.2) is 9.97 Å². The van der Waals surface area contributed by atoms with E-state index in [4.69, 9.17) is 0 Å². The Bertz CT molecular complexity index is 1230. The van der Waals surface area contributed by atoms with E-state index < -0.39 is 0 Å². The lowest BCUT2D eigenvalue weighted by molar-refractivity contribution is -0.114. The number of anilines is 3. The molecule has 3 N–H and O–H groups in total. The van der Waals surface area contributed by atoms with Crippen LogP contribution < -0.4 is 15.5 Å². The molecule has 1 aliphatic rings. The molecule has 1 aromatic carbocycles. The van der Waals surface area contributed by atoms with Gasteiger partial charge in [0.15, 0.2) is 0 Å². The standard InChI is InChI=1S/C23H26N8O/c1-30-20(8-10-28-30)29-21(32)13-25-18-6-2-4-16(12-18)17-5-3-11-31(14-17)23-19-7-9-24-22(19)26-15-27-23/h2,4,6-10,12,15,17,25H,3,5,11,13-14H2,1H3,(H,29,32)(H,24,26,27). The van der Waals surface area contributed by atoms with Crippen LogP contribution in [0.15, 0.2) is 55.1 Å². The van der Waals surface area contributed by atoms with Gasteiger partial charge in [-0.15, -0.1) is 0 Å². The third kappa shape index (κ3) is 4.14. The zero-order chi connectivity index (χ0) is 21.9. The second-order valence-corrected chi connectivity index (χ2v) is 8.09. The summed E-state index contributed by atoms with van der Waals surface area (Å²) in [5, 5.41) is 11.2. The minimum Gasteiger partial charge on any atom is -0.376 e. The fourth-order valence-electron chi connectivity index (χ4n) is 4.32. The molecule has 1 fully saturated rings. The molecule has 1 unspecified atom stereocenters. The Balaban J connectivity index is 1.25. The van der Waals surface area contributed by atoms with Gasteiger partial charge in [0, 0.05) is 44.0 Å². The molecule has 5 rings (SSSR count). The highest BCUT2D eigenvalue weighted by molar-refractivity contribution is 5.93. The van der Waals surface area contributed by atoms with Crippen molar-refractivity contribution in [3.63, 3.8) is 0 Å². The van der Waals surface area contributed by atoms with Gasteiger partial charge in [-0.1, -0.05) is 12.1 Å². The fraction of sp³-hybridized carbons (Fsp3) is 0.304. The number of nitrogens with zero attached hydrogens (tertiary/aromatic N) is 5. The largest absolute Gasteiger partial charge is 0.376 e. The number of aryl methyl sites for hydroxylation is 1. The number of aromatic amines is 1. The normalized spacial score (nSPS) is 16.3. The Morgan fingerprint density at radius 1 is 1.25 bits per heavy atom. The average molecular weight is 431 g/mol. The summed E-state index contributed by atoms with van der Waals surface area (Å²) >= 11 is 0. The van der Waals surface area contributed by atoms with Gasteiger partial charge in [0.2, 0.25) is 5.91 Å². The zero-order valence-corrected chi connectivity index (χ0v) is 18.0. The molecule has 32 heavy (non-hydrogen) atoms. The molecule has 9 nitrogen and oxygen atoms in total. The number of hydrogen-bond donors (Lipinski definition) is 3. The number of carbonyl (C=O) groups excluding carboxylic acids is 1. The first kappa shape index (κ1) is 20.0. The predicted molar refractivity (Wildman–Crippen MR) is 125 cm³/mol. The van der Waals surface area contributed by atoms with E-state index in [9.17, 15) is 4.79 Å². The SMILES string of the molecule is Cn1nccc1NC(=O)CNc1cccc(C2CCCN(c3ncnc4[nH]ccc34)C2)c1. The number of piperidine rings is 1. The van der Waals surface area contributed by atoms with Crippen molar-refractivity contribution in [3.8, 4) is 0 Å². The van der Waals surface area contributed by atoms with Crippen molar-refractivity contribution in [1.82, 2.24) is 24.7 Å². The molecule has 4 aromatic rings. The minimum absolute atomic E-state index is 0.109. The first-order chi connectivity index (χ1) is 15.7. The number of fused-ring (bicyclic) bond motifs is 1. The first-order valence-electron chi connectivity index (χ1n) is 10.8. The van der Waals surface area contributed by atoms with Gasteiger partial charge in [-0.05, 0) is 36.6 Å². The van der Waals surface area contributed by atoms with E-state index in [1.165, 1.54) is 5.56 Å². The van der Waals surface area contributed by atoms with Crippen LogP contribution in [0.25, 0.3) is 11.0 Å². The lowest BCUT2D eigenvalue weighted by Crippen LogP contribution is -2.35. The predicted octanol–water partition coefficient (Wildman–Crippen LogP) is 3.13. The van der Waals surface area contributed by atoms with Crippen LogP contribution in [0.5, 0.6) is 0 Å². The van der Waals surface area contributed by atoms with Crippen LogP contribution >= 0.6 is 0 Å². The van der Waals surface area contributed by atoms with E-state index in [0.29, 0.717) is 11.7 Å². The highest BCUT2D eigenvalue weighted by Crippen LogP contribution is 2.32. The van der Waals surface area contributed by atoms with Crippen molar-refractivity contribution in [1.29, 1.82) is 0 Å². The molecule has 3 aromatic heterocycles. The molecule has 1 aliphatic heterocycles. The zero-order valence-electron chi connectivity index (χ0n) is 18.0. The van der Waals surface area contributed by atoms with Gasteiger partial charge < -0.3 is 20.5 Å². The summed E-state index contributed by atoms with van der Waals surface area (Å²) in [6.45, 7) is 2.08. The van der Waals surface area contributed by atoms with Crippen LogP contribution in [0.3, 0.4) is 0 Å². The Kier molecular flexibility index (Phi) is 5.45. The number of amides is 1. The van der Waals surface area contributed by atoms with Crippen molar-refractivity contribution in [2.24, 2.45) is 7.05 Å². The molecule has 1 atom stereocenters. The first-order valence-corrected chi connectivity index (χ1v) is 10.8. The summed E-state index contributed by atoms with van der Waals surface area (Å²) in [5.41, 5.74) is 3.08. The number of benzene rings is 1. The molecule has 0 saturated carbocycles. The summed E-state index contributed by atoms with van der Waals surface area (Å²) < 4.78 is 1.63. The van der Waals surface area contributed by atoms with Crippen LogP contribution in [0.4, 0.5) is 17.3 Å². The maximum atomic E-state index is 12.3. The van der Waals surface area contributed by atoms with Crippen molar-refractivity contribution >= 4 is 34.3 Å².